The first-order chi connectivity index (χ1) is 8.64. The molecule has 1 aliphatic rings. The lowest BCUT2D eigenvalue weighted by Gasteiger charge is -2.48. The van der Waals surface area contributed by atoms with Gasteiger partial charge in [0.2, 0.25) is 0 Å². The smallest absolute Gasteiger partial charge is 0.0271 e. The molecular formula is C15H25N3. The quantitative estimate of drug-likeness (QED) is 0.885. The highest BCUT2D eigenvalue weighted by Gasteiger charge is 2.37. The first-order valence-corrected chi connectivity index (χ1v) is 6.93. The molecule has 1 aromatic rings. The van der Waals surface area contributed by atoms with E-state index in [4.69, 9.17) is 0 Å². The van der Waals surface area contributed by atoms with E-state index in [1.54, 1.807) is 0 Å². The van der Waals surface area contributed by atoms with Gasteiger partial charge < -0.3 is 5.32 Å². The first-order valence-electron chi connectivity index (χ1n) is 6.93. The molecule has 18 heavy (non-hydrogen) atoms. The second kappa shape index (κ2) is 5.81. The summed E-state index contributed by atoms with van der Waals surface area (Å²) >= 11 is 0. The van der Waals surface area contributed by atoms with Crippen LogP contribution in [0.5, 0.6) is 0 Å². The lowest BCUT2D eigenvalue weighted by molar-refractivity contribution is 0.0161. The van der Waals surface area contributed by atoms with Gasteiger partial charge in [0.15, 0.2) is 0 Å². The van der Waals surface area contributed by atoms with Crippen molar-refractivity contribution in [1.82, 2.24) is 15.2 Å². The highest BCUT2D eigenvalue weighted by atomic mass is 15.2. The van der Waals surface area contributed by atoms with Crippen LogP contribution in [0.1, 0.15) is 32.3 Å². The minimum Gasteiger partial charge on any atom is -0.319 e. The first kappa shape index (κ1) is 13.5. The lowest BCUT2D eigenvalue weighted by atomic mass is 9.78. The topological polar surface area (TPSA) is 28.2 Å². The molecule has 0 aliphatic carbocycles. The monoisotopic (exact) mass is 247 g/mol. The van der Waals surface area contributed by atoms with Crippen molar-refractivity contribution in [1.29, 1.82) is 0 Å². The predicted molar refractivity (Wildman–Crippen MR) is 75.4 cm³/mol. The number of rotatable bonds is 4. The molecule has 1 unspecified atom stereocenters. The fraction of sp³-hybridized carbons (Fsp3) is 0.667. The van der Waals surface area contributed by atoms with Gasteiger partial charge in [0.05, 0.1) is 0 Å². The lowest BCUT2D eigenvalue weighted by Crippen LogP contribution is -2.54. The van der Waals surface area contributed by atoms with Gasteiger partial charge in [0, 0.05) is 24.5 Å². The third-order valence-corrected chi connectivity index (χ3v) is 4.37. The summed E-state index contributed by atoms with van der Waals surface area (Å²) in [7, 11) is 2.05. The standard InChI is InChI=1S/C15H25N3/c1-15(2)14(11-16-3)5-4-10-18(15)12-13-6-8-17-9-7-13/h6-9,14,16H,4-5,10-12H2,1-3H3. The average molecular weight is 247 g/mol. The van der Waals surface area contributed by atoms with Crippen LogP contribution in [0.15, 0.2) is 24.5 Å². The summed E-state index contributed by atoms with van der Waals surface area (Å²) in [4.78, 5) is 6.71. The molecule has 2 heterocycles. The van der Waals surface area contributed by atoms with Crippen molar-refractivity contribution in [3.63, 3.8) is 0 Å². The van der Waals surface area contributed by atoms with Gasteiger partial charge in [-0.15, -0.1) is 0 Å². The van der Waals surface area contributed by atoms with Gasteiger partial charge in [0.1, 0.15) is 0 Å². The Bertz CT molecular complexity index is 359. The van der Waals surface area contributed by atoms with Crippen molar-refractivity contribution in [3.05, 3.63) is 30.1 Å². The van der Waals surface area contributed by atoms with Crippen molar-refractivity contribution < 1.29 is 0 Å². The fourth-order valence-electron chi connectivity index (χ4n) is 3.02. The van der Waals surface area contributed by atoms with Crippen molar-refractivity contribution in [3.8, 4) is 0 Å². The molecule has 100 valence electrons. The van der Waals surface area contributed by atoms with Crippen molar-refractivity contribution in [2.45, 2.75) is 38.8 Å². The van der Waals surface area contributed by atoms with E-state index >= 15 is 0 Å². The molecule has 0 spiro atoms. The number of nitrogens with zero attached hydrogens (tertiary/aromatic N) is 2. The van der Waals surface area contributed by atoms with Crippen LogP contribution >= 0.6 is 0 Å². The van der Waals surface area contributed by atoms with Gasteiger partial charge in [-0.25, -0.2) is 0 Å². The van der Waals surface area contributed by atoms with Gasteiger partial charge in [-0.05, 0) is 70.4 Å². The number of hydrogen-bond acceptors (Lipinski definition) is 3. The minimum absolute atomic E-state index is 0.268. The Morgan fingerprint density at radius 2 is 2.11 bits per heavy atom. The Morgan fingerprint density at radius 1 is 1.39 bits per heavy atom. The highest BCUT2D eigenvalue weighted by Crippen LogP contribution is 2.33. The summed E-state index contributed by atoms with van der Waals surface area (Å²) in [6.07, 6.45) is 6.41. The van der Waals surface area contributed by atoms with Crippen LogP contribution in [-0.2, 0) is 6.54 Å². The van der Waals surface area contributed by atoms with E-state index in [2.05, 4.69) is 48.2 Å². The Morgan fingerprint density at radius 3 is 2.78 bits per heavy atom. The maximum Gasteiger partial charge on any atom is 0.0271 e. The average Bonchev–Trinajstić information content (AvgIpc) is 2.36. The van der Waals surface area contributed by atoms with Gasteiger partial charge in [-0.2, -0.15) is 0 Å². The van der Waals surface area contributed by atoms with Crippen molar-refractivity contribution >= 4 is 0 Å². The maximum absolute atomic E-state index is 4.09. The van der Waals surface area contributed by atoms with Crippen LogP contribution in [0, 0.1) is 5.92 Å². The zero-order valence-corrected chi connectivity index (χ0v) is 11.8. The molecule has 1 aromatic heterocycles. The molecule has 1 saturated heterocycles. The zero-order valence-electron chi connectivity index (χ0n) is 11.8. The Hall–Kier alpha value is -0.930. The SMILES string of the molecule is CNCC1CCCN(Cc2ccncc2)C1(C)C. The molecule has 3 nitrogen and oxygen atoms in total. The normalized spacial score (nSPS) is 24.1. The summed E-state index contributed by atoms with van der Waals surface area (Å²) < 4.78 is 0. The van der Waals surface area contributed by atoms with E-state index in [1.165, 1.54) is 24.9 Å². The number of piperidine rings is 1. The van der Waals surface area contributed by atoms with Crippen LogP contribution in [0.3, 0.4) is 0 Å². The van der Waals surface area contributed by atoms with E-state index in [0.29, 0.717) is 0 Å². The maximum atomic E-state index is 4.09. The van der Waals surface area contributed by atoms with E-state index < -0.39 is 0 Å². The fourth-order valence-corrected chi connectivity index (χ4v) is 3.02. The Labute approximate surface area is 111 Å². The molecular weight excluding hydrogens is 222 g/mol. The largest absolute Gasteiger partial charge is 0.319 e. The molecule has 0 bridgehead atoms. The van der Waals surface area contributed by atoms with Crippen LogP contribution < -0.4 is 5.32 Å². The van der Waals surface area contributed by atoms with Crippen molar-refractivity contribution in [2.24, 2.45) is 5.92 Å². The molecule has 0 amide bonds. The number of hydrogen-bond donors (Lipinski definition) is 1. The third-order valence-electron chi connectivity index (χ3n) is 4.37. The molecule has 0 saturated carbocycles. The highest BCUT2D eigenvalue weighted by molar-refractivity contribution is 5.10. The summed E-state index contributed by atoms with van der Waals surface area (Å²) in [5.74, 6) is 0.734. The second-order valence-electron chi connectivity index (χ2n) is 5.83. The molecule has 1 fully saturated rings. The van der Waals surface area contributed by atoms with Crippen LogP contribution in [0.25, 0.3) is 0 Å². The van der Waals surface area contributed by atoms with Gasteiger partial charge >= 0.3 is 0 Å². The molecule has 0 radical (unpaired) electrons. The number of pyridine rings is 1. The Kier molecular flexibility index (Phi) is 4.36. The molecule has 2 rings (SSSR count). The predicted octanol–water partition coefficient (Wildman–Crippen LogP) is 2.29. The third kappa shape index (κ3) is 2.90. The van der Waals surface area contributed by atoms with Crippen molar-refractivity contribution in [2.75, 3.05) is 20.1 Å². The summed E-state index contributed by atoms with van der Waals surface area (Å²) in [6.45, 7) is 8.12. The van der Waals surface area contributed by atoms with Gasteiger partial charge in [-0.1, -0.05) is 0 Å². The second-order valence-corrected chi connectivity index (χ2v) is 5.83. The molecule has 1 aliphatic heterocycles. The summed E-state index contributed by atoms with van der Waals surface area (Å²) in [6, 6.07) is 4.25. The van der Waals surface area contributed by atoms with E-state index in [-0.39, 0.29) is 5.54 Å². The summed E-state index contributed by atoms with van der Waals surface area (Å²) in [5, 5.41) is 3.34. The molecule has 1 N–H and O–H groups in total. The van der Waals surface area contributed by atoms with E-state index in [1.807, 2.05) is 12.4 Å². The number of aromatic nitrogens is 1. The number of nitrogens with one attached hydrogen (secondary N) is 1. The zero-order chi connectivity index (χ0) is 13.0. The molecule has 3 heteroatoms. The Balaban J connectivity index is 2.07. The van der Waals surface area contributed by atoms with Crippen LogP contribution in [0.2, 0.25) is 0 Å². The van der Waals surface area contributed by atoms with Gasteiger partial charge in [-0.3, -0.25) is 9.88 Å². The van der Waals surface area contributed by atoms with Crippen LogP contribution in [-0.4, -0.2) is 35.6 Å². The molecule has 0 aromatic carbocycles. The van der Waals surface area contributed by atoms with E-state index in [9.17, 15) is 0 Å². The van der Waals surface area contributed by atoms with Gasteiger partial charge in [0.25, 0.3) is 0 Å². The van der Waals surface area contributed by atoms with Crippen LogP contribution in [0.4, 0.5) is 0 Å². The van der Waals surface area contributed by atoms with E-state index in [0.717, 1.165) is 19.0 Å². The summed E-state index contributed by atoms with van der Waals surface area (Å²) in [5.41, 5.74) is 1.63. The number of likely N-dealkylation sites (tertiary alicyclic amines) is 1. The minimum atomic E-state index is 0.268. The molecule has 1 atom stereocenters.